The zero-order chi connectivity index (χ0) is 24.6. The van der Waals surface area contributed by atoms with Crippen molar-refractivity contribution in [2.45, 2.75) is 43.5 Å². The van der Waals surface area contributed by atoms with Crippen LogP contribution in [0.5, 0.6) is 0 Å². The molecular weight excluding hydrogens is 440 g/mol. The van der Waals surface area contributed by atoms with E-state index in [9.17, 15) is 13.2 Å². The standard InChI is InChI=1S/C23H36N6O3S/c1-5-6-16-29(4)20(22(24)30)13-9-15-26-23(25)27-33(31,32)21-14-8-10-17-18(21)11-7-12-19(17)28(2)3/h7-8,10-12,14,20H,5-6,9,13,15-16H2,1-4H3,(H2,24,30)(H3,25,26,27)/t20-/m0/s1. The van der Waals surface area contributed by atoms with Crippen LogP contribution in [0.25, 0.3) is 10.8 Å². The maximum atomic E-state index is 13.0. The third-order valence-corrected chi connectivity index (χ3v) is 6.96. The second kappa shape index (κ2) is 11.9. The van der Waals surface area contributed by atoms with Crippen molar-refractivity contribution in [1.82, 2.24) is 14.9 Å². The monoisotopic (exact) mass is 476 g/mol. The molecule has 0 aliphatic heterocycles. The van der Waals surface area contributed by atoms with Crippen LogP contribution in [0.1, 0.15) is 32.6 Å². The molecule has 33 heavy (non-hydrogen) atoms. The van der Waals surface area contributed by atoms with Crippen molar-refractivity contribution in [2.75, 3.05) is 39.1 Å². The third-order valence-electron chi connectivity index (χ3n) is 5.55. The highest BCUT2D eigenvalue weighted by Crippen LogP contribution is 2.30. The van der Waals surface area contributed by atoms with Crippen molar-refractivity contribution in [3.63, 3.8) is 0 Å². The van der Waals surface area contributed by atoms with Gasteiger partial charge in [-0.1, -0.05) is 37.6 Å². The lowest BCUT2D eigenvalue weighted by Crippen LogP contribution is -2.44. The van der Waals surface area contributed by atoms with Gasteiger partial charge in [0.05, 0.1) is 10.9 Å². The van der Waals surface area contributed by atoms with Gasteiger partial charge >= 0.3 is 0 Å². The van der Waals surface area contributed by atoms with Crippen LogP contribution in [0.4, 0.5) is 5.69 Å². The fourth-order valence-electron chi connectivity index (χ4n) is 3.77. The molecule has 0 spiro atoms. The number of hydrogen-bond acceptors (Lipinski definition) is 6. The van der Waals surface area contributed by atoms with Gasteiger partial charge in [0.1, 0.15) is 0 Å². The number of carbonyl (C=O) groups is 1. The van der Waals surface area contributed by atoms with Crippen molar-refractivity contribution in [1.29, 1.82) is 5.41 Å². The van der Waals surface area contributed by atoms with E-state index in [4.69, 9.17) is 11.1 Å². The van der Waals surface area contributed by atoms with Crippen LogP contribution in [0.15, 0.2) is 41.3 Å². The van der Waals surface area contributed by atoms with Gasteiger partial charge in [0.15, 0.2) is 0 Å². The first-order valence-corrected chi connectivity index (χ1v) is 12.6. The van der Waals surface area contributed by atoms with Crippen molar-refractivity contribution in [2.24, 2.45) is 5.73 Å². The van der Waals surface area contributed by atoms with Crippen LogP contribution in [0, 0.1) is 5.41 Å². The summed E-state index contributed by atoms with van der Waals surface area (Å²) < 4.78 is 28.3. The summed E-state index contributed by atoms with van der Waals surface area (Å²) in [6, 6.07) is 10.2. The van der Waals surface area contributed by atoms with Crippen LogP contribution < -0.4 is 20.7 Å². The molecule has 10 heteroatoms. The van der Waals surface area contributed by atoms with E-state index in [1.54, 1.807) is 12.1 Å². The number of benzene rings is 2. The molecular formula is C23H36N6O3S. The molecule has 2 rings (SSSR count). The molecule has 0 bridgehead atoms. The Hall–Kier alpha value is -2.85. The van der Waals surface area contributed by atoms with Crippen LogP contribution in [0.3, 0.4) is 0 Å². The van der Waals surface area contributed by atoms with Gasteiger partial charge in [-0.05, 0) is 45.0 Å². The van der Waals surface area contributed by atoms with Gasteiger partial charge in [0, 0.05) is 37.1 Å². The molecule has 0 aliphatic carbocycles. The van der Waals surface area contributed by atoms with Crippen molar-refractivity contribution in [3.05, 3.63) is 36.4 Å². The Kier molecular flexibility index (Phi) is 9.48. The van der Waals surface area contributed by atoms with Gasteiger partial charge in [-0.25, -0.2) is 13.1 Å². The van der Waals surface area contributed by atoms with Crippen molar-refractivity contribution < 1.29 is 13.2 Å². The summed E-state index contributed by atoms with van der Waals surface area (Å²) in [5.74, 6) is -0.692. The zero-order valence-electron chi connectivity index (χ0n) is 19.9. The van der Waals surface area contributed by atoms with E-state index in [0.29, 0.717) is 24.8 Å². The van der Waals surface area contributed by atoms with Crippen LogP contribution in [-0.4, -0.2) is 65.5 Å². The number of hydrogen-bond donors (Lipinski definition) is 4. The largest absolute Gasteiger partial charge is 0.377 e. The maximum Gasteiger partial charge on any atom is 0.264 e. The van der Waals surface area contributed by atoms with Crippen molar-refractivity contribution in [3.8, 4) is 0 Å². The molecule has 0 radical (unpaired) electrons. The first-order valence-electron chi connectivity index (χ1n) is 11.1. The molecule has 9 nitrogen and oxygen atoms in total. The van der Waals surface area contributed by atoms with E-state index in [1.165, 1.54) is 6.07 Å². The SMILES string of the molecule is CCCCN(C)[C@@H](CCCNC(=N)NS(=O)(=O)c1cccc2c(N(C)C)cccc12)C(N)=O. The average Bonchev–Trinajstić information content (AvgIpc) is 2.75. The molecule has 2 aromatic rings. The Morgan fingerprint density at radius 2 is 1.76 bits per heavy atom. The summed E-state index contributed by atoms with van der Waals surface area (Å²) in [5, 5.41) is 12.2. The third kappa shape index (κ3) is 7.06. The highest BCUT2D eigenvalue weighted by atomic mass is 32.2. The molecule has 182 valence electrons. The summed E-state index contributed by atoms with van der Waals surface area (Å²) in [7, 11) is 1.72. The first kappa shape index (κ1) is 26.4. The first-order chi connectivity index (χ1) is 15.6. The van der Waals surface area contributed by atoms with Gasteiger partial charge in [-0.2, -0.15) is 0 Å². The van der Waals surface area contributed by atoms with Gasteiger partial charge in [0.25, 0.3) is 10.0 Å². The number of sulfonamides is 1. The number of nitrogens with one attached hydrogen (secondary N) is 3. The molecule has 0 unspecified atom stereocenters. The topological polar surface area (TPSA) is 132 Å². The van der Waals surface area contributed by atoms with Gasteiger partial charge < -0.3 is 16.0 Å². The number of anilines is 1. The predicted octanol–water partition coefficient (Wildman–Crippen LogP) is 2.07. The fourth-order valence-corrected chi connectivity index (χ4v) is 4.94. The average molecular weight is 477 g/mol. The molecule has 5 N–H and O–H groups in total. The number of likely N-dealkylation sites (N-methyl/N-ethyl adjacent to an activating group) is 1. The fraction of sp³-hybridized carbons (Fsp3) is 0.478. The number of carbonyl (C=O) groups excluding carboxylic acids is 1. The Labute approximate surface area is 196 Å². The summed E-state index contributed by atoms with van der Waals surface area (Å²) in [6.45, 7) is 3.21. The lowest BCUT2D eigenvalue weighted by molar-refractivity contribution is -0.123. The highest BCUT2D eigenvalue weighted by Gasteiger charge is 2.21. The summed E-state index contributed by atoms with van der Waals surface area (Å²) in [4.78, 5) is 15.8. The Morgan fingerprint density at radius 1 is 1.09 bits per heavy atom. The van der Waals surface area contributed by atoms with E-state index < -0.39 is 10.0 Å². The van der Waals surface area contributed by atoms with Gasteiger partial charge in [-0.3, -0.25) is 15.1 Å². The van der Waals surface area contributed by atoms with Crippen molar-refractivity contribution >= 4 is 38.3 Å². The number of nitrogens with zero attached hydrogens (tertiary/aromatic N) is 2. The normalized spacial score (nSPS) is 12.5. The van der Waals surface area contributed by atoms with E-state index in [-0.39, 0.29) is 22.8 Å². The molecule has 0 aliphatic rings. The molecule has 1 atom stereocenters. The molecule has 0 heterocycles. The summed E-state index contributed by atoms with van der Waals surface area (Å²) in [5.41, 5.74) is 6.44. The lowest BCUT2D eigenvalue weighted by atomic mass is 10.1. The minimum absolute atomic E-state index is 0.113. The van der Waals surface area contributed by atoms with E-state index in [0.717, 1.165) is 30.5 Å². The quantitative estimate of drug-likeness (QED) is 0.211. The van der Waals surface area contributed by atoms with E-state index in [1.807, 2.05) is 49.1 Å². The Bertz CT molecular complexity index is 1070. The number of fused-ring (bicyclic) bond motifs is 1. The second-order valence-electron chi connectivity index (χ2n) is 8.32. The molecule has 0 saturated carbocycles. The van der Waals surface area contributed by atoms with Crippen LogP contribution in [0.2, 0.25) is 0 Å². The second-order valence-corrected chi connectivity index (χ2v) is 9.98. The number of unbranched alkanes of at least 4 members (excludes halogenated alkanes) is 1. The number of primary amides is 1. The molecule has 0 saturated heterocycles. The van der Waals surface area contributed by atoms with Gasteiger partial charge in [-0.15, -0.1) is 0 Å². The number of guanidine groups is 1. The van der Waals surface area contributed by atoms with E-state index >= 15 is 0 Å². The molecule has 0 fully saturated rings. The predicted molar refractivity (Wildman–Crippen MR) is 134 cm³/mol. The van der Waals surface area contributed by atoms with Gasteiger partial charge in [0.2, 0.25) is 11.9 Å². The smallest absolute Gasteiger partial charge is 0.264 e. The van der Waals surface area contributed by atoms with Crippen LogP contribution >= 0.6 is 0 Å². The molecule has 0 aromatic heterocycles. The summed E-state index contributed by atoms with van der Waals surface area (Å²) in [6.07, 6.45) is 3.10. The number of nitrogens with two attached hydrogens (primary N) is 1. The number of amides is 1. The minimum atomic E-state index is -3.96. The Balaban J connectivity index is 2.00. The Morgan fingerprint density at radius 3 is 2.39 bits per heavy atom. The maximum absolute atomic E-state index is 13.0. The minimum Gasteiger partial charge on any atom is -0.377 e. The summed E-state index contributed by atoms with van der Waals surface area (Å²) >= 11 is 0. The molecule has 2 aromatic carbocycles. The zero-order valence-corrected chi connectivity index (χ0v) is 20.7. The van der Waals surface area contributed by atoms with E-state index in [2.05, 4.69) is 17.0 Å². The lowest BCUT2D eigenvalue weighted by Gasteiger charge is -2.25. The highest BCUT2D eigenvalue weighted by molar-refractivity contribution is 7.90. The molecule has 1 amide bonds. The van der Waals surface area contributed by atoms with Crippen LogP contribution in [-0.2, 0) is 14.8 Å². The number of rotatable bonds is 12.